The van der Waals surface area contributed by atoms with Crippen LogP contribution in [0.1, 0.15) is 54.3 Å². The van der Waals surface area contributed by atoms with E-state index < -0.39 is 0 Å². The van der Waals surface area contributed by atoms with Crippen molar-refractivity contribution in [3.8, 4) is 5.75 Å². The van der Waals surface area contributed by atoms with Gasteiger partial charge in [0, 0.05) is 23.9 Å². The average Bonchev–Trinajstić information content (AvgIpc) is 3.44. The van der Waals surface area contributed by atoms with Crippen molar-refractivity contribution < 1.29 is 14.3 Å². The number of benzene rings is 1. The molecule has 0 N–H and O–H groups in total. The third-order valence-electron chi connectivity index (χ3n) is 6.45. The van der Waals surface area contributed by atoms with Gasteiger partial charge in [0.2, 0.25) is 11.8 Å². The Balaban J connectivity index is 1.51. The average molecular weight is 455 g/mol. The molecule has 1 saturated carbocycles. The first-order chi connectivity index (χ1) is 15.3. The van der Waals surface area contributed by atoms with Gasteiger partial charge in [0.1, 0.15) is 12.4 Å². The summed E-state index contributed by atoms with van der Waals surface area (Å²) in [6, 6.07) is 8.16. The summed E-state index contributed by atoms with van der Waals surface area (Å²) in [6.07, 6.45) is 3.17. The van der Waals surface area contributed by atoms with Crippen LogP contribution in [0, 0.1) is 25.7 Å². The molecule has 1 aliphatic carbocycles. The molecule has 2 amide bonds. The maximum absolute atomic E-state index is 13.5. The van der Waals surface area contributed by atoms with Gasteiger partial charge in [0.25, 0.3) is 0 Å². The first-order valence-corrected chi connectivity index (χ1v) is 12.6. The Morgan fingerprint density at radius 1 is 1.22 bits per heavy atom. The Morgan fingerprint density at radius 2 is 2.00 bits per heavy atom. The summed E-state index contributed by atoms with van der Waals surface area (Å²) in [4.78, 5) is 31.3. The molecule has 32 heavy (non-hydrogen) atoms. The van der Waals surface area contributed by atoms with Crippen molar-refractivity contribution in [2.24, 2.45) is 11.8 Å². The topological polar surface area (TPSA) is 49.9 Å². The summed E-state index contributed by atoms with van der Waals surface area (Å²) in [5.74, 6) is 1.40. The zero-order valence-electron chi connectivity index (χ0n) is 19.6. The number of nitrogens with zero attached hydrogens (tertiary/aromatic N) is 2. The first-order valence-electron chi connectivity index (χ1n) is 11.7. The number of amides is 2. The van der Waals surface area contributed by atoms with E-state index in [1.807, 2.05) is 24.8 Å². The monoisotopic (exact) mass is 454 g/mol. The summed E-state index contributed by atoms with van der Waals surface area (Å²) in [5.41, 5.74) is 3.49. The Labute approximate surface area is 195 Å². The van der Waals surface area contributed by atoms with Crippen molar-refractivity contribution in [3.05, 3.63) is 51.2 Å². The second-order valence-electron chi connectivity index (χ2n) is 9.55. The minimum atomic E-state index is -0.130. The molecule has 0 bridgehead atoms. The molecule has 0 radical (unpaired) electrons. The van der Waals surface area contributed by atoms with Crippen LogP contribution in [0.3, 0.4) is 0 Å². The van der Waals surface area contributed by atoms with Crippen LogP contribution in [-0.2, 0) is 16.0 Å². The second-order valence-corrected chi connectivity index (χ2v) is 10.5. The van der Waals surface area contributed by atoms with E-state index in [4.69, 9.17) is 4.74 Å². The zero-order valence-corrected chi connectivity index (χ0v) is 20.4. The van der Waals surface area contributed by atoms with Crippen molar-refractivity contribution in [1.29, 1.82) is 0 Å². The molecule has 1 aromatic carbocycles. The number of fused-ring (bicyclic) bond motifs is 1. The molecule has 0 spiro atoms. The van der Waals surface area contributed by atoms with Crippen molar-refractivity contribution in [2.75, 3.05) is 26.2 Å². The lowest BCUT2D eigenvalue weighted by Crippen LogP contribution is -2.49. The van der Waals surface area contributed by atoms with E-state index in [1.54, 1.807) is 16.2 Å². The molecule has 2 heterocycles. The fourth-order valence-corrected chi connectivity index (χ4v) is 5.40. The number of ether oxygens (including phenoxy) is 1. The van der Waals surface area contributed by atoms with Crippen molar-refractivity contribution in [2.45, 2.75) is 53.0 Å². The Kier molecular flexibility index (Phi) is 6.89. The van der Waals surface area contributed by atoms with E-state index in [-0.39, 0.29) is 30.3 Å². The lowest BCUT2D eigenvalue weighted by molar-refractivity contribution is -0.144. The van der Waals surface area contributed by atoms with Gasteiger partial charge < -0.3 is 14.5 Å². The van der Waals surface area contributed by atoms with Gasteiger partial charge in [-0.15, -0.1) is 11.3 Å². The van der Waals surface area contributed by atoms with E-state index in [1.165, 1.54) is 16.0 Å². The minimum Gasteiger partial charge on any atom is -0.491 e. The SMILES string of the molecule is Cc1ccc(OCC2c3ccsc3CCN2C(=O)CN(CC2CC2)C(=O)C(C)C)c(C)c1. The third-order valence-corrected chi connectivity index (χ3v) is 7.45. The van der Waals surface area contributed by atoms with E-state index >= 15 is 0 Å². The standard InChI is InChI=1S/C26H34N2O3S/c1-17(2)26(30)27(14-20-6-7-20)15-25(29)28-11-9-24-21(10-12-32-24)22(28)16-31-23-8-5-18(3)13-19(23)4/h5,8,10,12-13,17,20,22H,6-7,9,11,14-16H2,1-4H3. The molecular weight excluding hydrogens is 420 g/mol. The van der Waals surface area contributed by atoms with Gasteiger partial charge in [-0.1, -0.05) is 31.5 Å². The van der Waals surface area contributed by atoms with Gasteiger partial charge in [0.05, 0.1) is 12.6 Å². The molecule has 1 atom stereocenters. The molecule has 172 valence electrons. The molecule has 4 rings (SSSR count). The van der Waals surface area contributed by atoms with Crippen LogP contribution >= 0.6 is 11.3 Å². The summed E-state index contributed by atoms with van der Waals surface area (Å²) in [7, 11) is 0. The van der Waals surface area contributed by atoms with Crippen LogP contribution < -0.4 is 4.74 Å². The molecule has 1 unspecified atom stereocenters. The first kappa shape index (κ1) is 22.8. The van der Waals surface area contributed by atoms with Crippen LogP contribution in [0.25, 0.3) is 0 Å². The molecule has 6 heteroatoms. The number of aryl methyl sites for hydroxylation is 2. The predicted octanol–water partition coefficient (Wildman–Crippen LogP) is 4.76. The Morgan fingerprint density at radius 3 is 2.69 bits per heavy atom. The van der Waals surface area contributed by atoms with E-state index in [9.17, 15) is 9.59 Å². The van der Waals surface area contributed by atoms with Crippen molar-refractivity contribution >= 4 is 23.2 Å². The Hall–Kier alpha value is -2.34. The lowest BCUT2D eigenvalue weighted by atomic mass is 10.00. The van der Waals surface area contributed by atoms with Gasteiger partial charge in [-0.05, 0) is 67.7 Å². The molecule has 5 nitrogen and oxygen atoms in total. The van der Waals surface area contributed by atoms with Gasteiger partial charge in [-0.3, -0.25) is 9.59 Å². The second kappa shape index (κ2) is 9.65. The quantitative estimate of drug-likeness (QED) is 0.578. The van der Waals surface area contributed by atoms with Gasteiger partial charge in [-0.25, -0.2) is 0 Å². The van der Waals surface area contributed by atoms with Crippen LogP contribution in [-0.4, -0.2) is 47.9 Å². The normalized spacial score (nSPS) is 17.9. The van der Waals surface area contributed by atoms with Crippen LogP contribution in [0.4, 0.5) is 0 Å². The van der Waals surface area contributed by atoms with E-state index in [0.717, 1.165) is 30.6 Å². The number of thiophene rings is 1. The van der Waals surface area contributed by atoms with Crippen LogP contribution in [0.15, 0.2) is 29.6 Å². The highest BCUT2D eigenvalue weighted by Gasteiger charge is 2.35. The molecule has 0 saturated heterocycles. The van der Waals surface area contributed by atoms with Gasteiger partial charge in [-0.2, -0.15) is 0 Å². The molecule has 1 fully saturated rings. The number of rotatable bonds is 8. The predicted molar refractivity (Wildman–Crippen MR) is 128 cm³/mol. The number of hydrogen-bond acceptors (Lipinski definition) is 4. The third kappa shape index (κ3) is 5.17. The molecule has 1 aromatic heterocycles. The molecular formula is C26H34N2O3S. The highest BCUT2D eigenvalue weighted by Crippen LogP contribution is 2.35. The molecule has 1 aliphatic heterocycles. The van der Waals surface area contributed by atoms with Crippen LogP contribution in [0.2, 0.25) is 0 Å². The highest BCUT2D eigenvalue weighted by atomic mass is 32.1. The van der Waals surface area contributed by atoms with Gasteiger partial charge >= 0.3 is 0 Å². The molecule has 2 aliphatic rings. The van der Waals surface area contributed by atoms with Crippen molar-refractivity contribution in [1.82, 2.24) is 9.80 Å². The zero-order chi connectivity index (χ0) is 22.8. The van der Waals surface area contributed by atoms with E-state index in [0.29, 0.717) is 25.6 Å². The van der Waals surface area contributed by atoms with E-state index in [2.05, 4.69) is 37.4 Å². The highest BCUT2D eigenvalue weighted by molar-refractivity contribution is 7.10. The fourth-order valence-electron chi connectivity index (χ4n) is 4.47. The lowest BCUT2D eigenvalue weighted by Gasteiger charge is -2.37. The smallest absolute Gasteiger partial charge is 0.242 e. The summed E-state index contributed by atoms with van der Waals surface area (Å²) in [6.45, 7) is 9.88. The summed E-state index contributed by atoms with van der Waals surface area (Å²) >= 11 is 1.75. The number of hydrogen-bond donors (Lipinski definition) is 0. The largest absolute Gasteiger partial charge is 0.491 e. The number of carbonyl (C=O) groups excluding carboxylic acids is 2. The van der Waals surface area contributed by atoms with Crippen LogP contribution in [0.5, 0.6) is 5.75 Å². The van der Waals surface area contributed by atoms with Crippen molar-refractivity contribution in [3.63, 3.8) is 0 Å². The minimum absolute atomic E-state index is 0.0192. The molecule has 2 aromatic rings. The summed E-state index contributed by atoms with van der Waals surface area (Å²) < 4.78 is 6.23. The maximum atomic E-state index is 13.5. The fraction of sp³-hybridized carbons (Fsp3) is 0.538. The summed E-state index contributed by atoms with van der Waals surface area (Å²) in [5, 5.41) is 2.10. The maximum Gasteiger partial charge on any atom is 0.242 e. The van der Waals surface area contributed by atoms with Gasteiger partial charge in [0.15, 0.2) is 0 Å². The Bertz CT molecular complexity index is 979. The number of carbonyl (C=O) groups is 2.